The second-order valence-corrected chi connectivity index (χ2v) is 11.5. The molecule has 0 saturated heterocycles. The maximum absolute atomic E-state index is 13.9. The number of Topliss-reactive ketones (excluding diaryl/α,β-unsaturated/α-hetero) is 1. The number of esters is 1. The SMILES string of the molecule is CCOC(=O)C1=C(N)N(Nc2ccc(C)cc2)C2=C(C(=O)CC(C)(C)C2)C1c1cc2cc(C)ccc2nc1Cl. The zero-order valence-corrected chi connectivity index (χ0v) is 23.6. The van der Waals surface area contributed by atoms with Gasteiger partial charge in [-0.1, -0.05) is 54.8 Å². The molecule has 2 aromatic carbocycles. The molecule has 8 heteroatoms. The Morgan fingerprint density at radius 2 is 1.82 bits per heavy atom. The lowest BCUT2D eigenvalue weighted by atomic mass is 9.69. The number of pyridine rings is 1. The Morgan fingerprint density at radius 3 is 2.51 bits per heavy atom. The normalized spacial score (nSPS) is 18.9. The number of nitrogens with two attached hydrogens (primary N) is 1. The standard InChI is InChI=1S/C31H33ClN4O3/c1-6-39-30(38)27-25(21-14-19-13-18(3)9-12-22(19)34-28(21)32)26-23(15-31(4,5)16-24(26)37)36(29(27)33)35-20-10-7-17(2)8-11-20/h7-14,25,35H,6,15-16,33H2,1-5H3. The summed E-state index contributed by atoms with van der Waals surface area (Å²) < 4.78 is 5.49. The highest BCUT2D eigenvalue weighted by Gasteiger charge is 2.47. The minimum absolute atomic E-state index is 0.0586. The molecule has 2 heterocycles. The summed E-state index contributed by atoms with van der Waals surface area (Å²) in [4.78, 5) is 32.1. The number of carbonyl (C=O) groups excluding carboxylic acids is 2. The fourth-order valence-electron chi connectivity index (χ4n) is 5.51. The van der Waals surface area contributed by atoms with E-state index in [1.54, 1.807) is 11.9 Å². The number of nitrogens with zero attached hydrogens (tertiary/aromatic N) is 2. The summed E-state index contributed by atoms with van der Waals surface area (Å²) in [5.41, 5.74) is 15.5. The first-order valence-corrected chi connectivity index (χ1v) is 13.5. The van der Waals surface area contributed by atoms with E-state index in [9.17, 15) is 9.59 Å². The van der Waals surface area contributed by atoms with E-state index in [1.807, 2.05) is 62.4 Å². The number of nitrogens with one attached hydrogen (secondary N) is 1. The molecule has 1 aromatic heterocycles. The lowest BCUT2D eigenvalue weighted by Gasteiger charge is -2.44. The Labute approximate surface area is 233 Å². The van der Waals surface area contributed by atoms with Crippen LogP contribution < -0.4 is 11.2 Å². The first kappa shape index (κ1) is 26.8. The van der Waals surface area contributed by atoms with Gasteiger partial charge in [0.25, 0.3) is 0 Å². The molecule has 0 fully saturated rings. The van der Waals surface area contributed by atoms with E-state index in [2.05, 4.69) is 24.3 Å². The number of halogens is 1. The first-order valence-electron chi connectivity index (χ1n) is 13.1. The lowest BCUT2D eigenvalue weighted by Crippen LogP contribution is -2.45. The summed E-state index contributed by atoms with van der Waals surface area (Å²) in [7, 11) is 0. The average molecular weight is 545 g/mol. The molecule has 5 rings (SSSR count). The third-order valence-corrected chi connectivity index (χ3v) is 7.61. The molecule has 3 N–H and O–H groups in total. The molecule has 0 saturated carbocycles. The molecule has 2 aliphatic rings. The molecular weight excluding hydrogens is 512 g/mol. The van der Waals surface area contributed by atoms with Crippen LogP contribution in [0.3, 0.4) is 0 Å². The van der Waals surface area contributed by atoms with Crippen molar-refractivity contribution in [2.75, 3.05) is 12.0 Å². The van der Waals surface area contributed by atoms with Gasteiger partial charge in [-0.05, 0) is 62.9 Å². The molecule has 1 aliphatic carbocycles. The van der Waals surface area contributed by atoms with E-state index < -0.39 is 11.9 Å². The van der Waals surface area contributed by atoms with Crippen LogP contribution >= 0.6 is 11.6 Å². The van der Waals surface area contributed by atoms with Gasteiger partial charge in [0.2, 0.25) is 0 Å². The number of hydrogen-bond donors (Lipinski definition) is 2. The largest absolute Gasteiger partial charge is 0.463 e. The van der Waals surface area contributed by atoms with Crippen LogP contribution in [0.4, 0.5) is 5.69 Å². The highest BCUT2D eigenvalue weighted by molar-refractivity contribution is 6.31. The minimum atomic E-state index is -0.816. The number of ether oxygens (including phenoxy) is 1. The van der Waals surface area contributed by atoms with E-state index in [0.29, 0.717) is 29.7 Å². The summed E-state index contributed by atoms with van der Waals surface area (Å²) in [6.45, 7) is 10.0. The molecule has 3 aromatic rings. The highest BCUT2D eigenvalue weighted by atomic mass is 35.5. The van der Waals surface area contributed by atoms with Crippen molar-refractivity contribution in [2.45, 2.75) is 53.4 Å². The van der Waals surface area contributed by atoms with Crippen molar-refractivity contribution in [3.05, 3.63) is 93.0 Å². The second-order valence-electron chi connectivity index (χ2n) is 11.1. The van der Waals surface area contributed by atoms with Crippen LogP contribution in [-0.4, -0.2) is 28.4 Å². The van der Waals surface area contributed by atoms with Crippen molar-refractivity contribution in [3.63, 3.8) is 0 Å². The Kier molecular flexibility index (Phi) is 6.89. The van der Waals surface area contributed by atoms with Crippen LogP contribution in [-0.2, 0) is 14.3 Å². The number of aryl methyl sites for hydroxylation is 2. The summed E-state index contributed by atoms with van der Waals surface area (Å²) >= 11 is 6.80. The van der Waals surface area contributed by atoms with Crippen LogP contribution in [0.2, 0.25) is 5.15 Å². The third kappa shape index (κ3) is 4.99. The number of fused-ring (bicyclic) bond motifs is 1. The molecule has 7 nitrogen and oxygen atoms in total. The number of benzene rings is 2. The lowest BCUT2D eigenvalue weighted by molar-refractivity contribution is -0.139. The number of rotatable bonds is 5. The fraction of sp³-hybridized carbons (Fsp3) is 0.323. The van der Waals surface area contributed by atoms with Crippen molar-refractivity contribution >= 4 is 39.9 Å². The van der Waals surface area contributed by atoms with Crippen LogP contribution in [0.1, 0.15) is 56.2 Å². The first-order chi connectivity index (χ1) is 18.5. The molecule has 39 heavy (non-hydrogen) atoms. The van der Waals surface area contributed by atoms with Crippen molar-refractivity contribution in [3.8, 4) is 0 Å². The molecular formula is C31H33ClN4O3. The van der Waals surface area contributed by atoms with Gasteiger partial charge in [-0.15, -0.1) is 0 Å². The number of carbonyl (C=O) groups is 2. The molecule has 0 spiro atoms. The van der Waals surface area contributed by atoms with Crippen LogP contribution in [0.25, 0.3) is 10.9 Å². The van der Waals surface area contributed by atoms with Gasteiger partial charge in [0, 0.05) is 22.9 Å². The fourth-order valence-corrected chi connectivity index (χ4v) is 5.76. The Bertz CT molecular complexity index is 1560. The van der Waals surface area contributed by atoms with Gasteiger partial charge in [0.15, 0.2) is 5.78 Å². The monoisotopic (exact) mass is 544 g/mol. The van der Waals surface area contributed by atoms with E-state index in [4.69, 9.17) is 22.1 Å². The third-order valence-electron chi connectivity index (χ3n) is 7.31. The smallest absolute Gasteiger partial charge is 0.338 e. The summed E-state index contributed by atoms with van der Waals surface area (Å²) in [5.74, 6) is -1.30. The molecule has 1 aliphatic heterocycles. The van der Waals surface area contributed by atoms with Gasteiger partial charge in [0.1, 0.15) is 11.0 Å². The maximum Gasteiger partial charge on any atom is 0.338 e. The van der Waals surface area contributed by atoms with Crippen LogP contribution in [0, 0.1) is 19.3 Å². The second kappa shape index (κ2) is 10.0. The van der Waals surface area contributed by atoms with Crippen LogP contribution in [0.15, 0.2) is 71.2 Å². The summed E-state index contributed by atoms with van der Waals surface area (Å²) in [6, 6.07) is 15.6. The predicted octanol–water partition coefficient (Wildman–Crippen LogP) is 6.31. The summed E-state index contributed by atoms with van der Waals surface area (Å²) in [6.07, 6.45) is 0.895. The molecule has 0 bridgehead atoms. The van der Waals surface area contributed by atoms with Crippen molar-refractivity contribution in [1.82, 2.24) is 9.99 Å². The highest BCUT2D eigenvalue weighted by Crippen LogP contribution is 2.50. The van der Waals surface area contributed by atoms with Gasteiger partial charge in [-0.2, -0.15) is 0 Å². The number of allylic oxidation sites excluding steroid dienone is 2. The maximum atomic E-state index is 13.9. The van der Waals surface area contributed by atoms with Gasteiger partial charge in [-0.25, -0.2) is 14.8 Å². The number of hydrogen-bond acceptors (Lipinski definition) is 7. The molecule has 0 amide bonds. The quantitative estimate of drug-likeness (QED) is 0.287. The van der Waals surface area contributed by atoms with Crippen LogP contribution in [0.5, 0.6) is 0 Å². The van der Waals surface area contributed by atoms with Gasteiger partial charge < -0.3 is 10.5 Å². The Morgan fingerprint density at radius 1 is 1.13 bits per heavy atom. The van der Waals surface area contributed by atoms with Crippen molar-refractivity contribution in [2.24, 2.45) is 11.1 Å². The van der Waals surface area contributed by atoms with Gasteiger partial charge >= 0.3 is 5.97 Å². The van der Waals surface area contributed by atoms with E-state index in [1.165, 1.54) is 0 Å². The Balaban J connectivity index is 1.77. The van der Waals surface area contributed by atoms with E-state index in [-0.39, 0.29) is 34.4 Å². The van der Waals surface area contributed by atoms with Gasteiger partial charge in [-0.3, -0.25) is 10.2 Å². The number of ketones is 1. The zero-order valence-electron chi connectivity index (χ0n) is 22.9. The molecule has 1 unspecified atom stereocenters. The molecule has 1 atom stereocenters. The van der Waals surface area contributed by atoms with Gasteiger partial charge in [0.05, 0.1) is 35.0 Å². The Hall–Kier alpha value is -3.84. The van der Waals surface area contributed by atoms with Crippen molar-refractivity contribution < 1.29 is 14.3 Å². The zero-order chi connectivity index (χ0) is 28.1. The van der Waals surface area contributed by atoms with Crippen molar-refractivity contribution in [1.29, 1.82) is 0 Å². The number of anilines is 1. The summed E-state index contributed by atoms with van der Waals surface area (Å²) in [5, 5.41) is 2.76. The molecule has 202 valence electrons. The van der Waals surface area contributed by atoms with E-state index >= 15 is 0 Å². The number of hydrazine groups is 1. The number of aromatic nitrogens is 1. The van der Waals surface area contributed by atoms with E-state index in [0.717, 1.165) is 27.7 Å². The minimum Gasteiger partial charge on any atom is -0.463 e. The predicted molar refractivity (Wildman–Crippen MR) is 154 cm³/mol. The average Bonchev–Trinajstić information content (AvgIpc) is 2.86. The topological polar surface area (TPSA) is 97.5 Å². The molecule has 0 radical (unpaired) electrons.